The van der Waals surface area contributed by atoms with Gasteiger partial charge in [0.25, 0.3) is 0 Å². The summed E-state index contributed by atoms with van der Waals surface area (Å²) in [5, 5.41) is 0.691. The van der Waals surface area contributed by atoms with Gasteiger partial charge in [0.1, 0.15) is 5.76 Å². The highest BCUT2D eigenvalue weighted by Gasteiger charge is 2.14. The molecule has 0 spiro atoms. The summed E-state index contributed by atoms with van der Waals surface area (Å²) in [5.74, 6) is 0.809. The Balaban J connectivity index is 1.72. The number of amides is 1. The molecule has 118 valence electrons. The fourth-order valence-electron chi connectivity index (χ4n) is 2.43. The number of nitrogens with zero attached hydrogens (tertiary/aromatic N) is 2. The largest absolute Gasteiger partial charge is 0.467 e. The third-order valence-corrected chi connectivity index (χ3v) is 3.92. The van der Waals surface area contributed by atoms with Crippen LogP contribution in [0.2, 0.25) is 5.02 Å². The van der Waals surface area contributed by atoms with Gasteiger partial charge in [-0.05, 0) is 48.5 Å². The first-order chi connectivity index (χ1) is 11.1. The van der Waals surface area contributed by atoms with Crippen LogP contribution in [0.1, 0.15) is 11.5 Å². The molecule has 4 nitrogen and oxygen atoms in total. The predicted octanol–water partition coefficient (Wildman–Crippen LogP) is 3.92. The molecule has 0 aliphatic rings. The van der Waals surface area contributed by atoms with Gasteiger partial charge in [0.2, 0.25) is 5.91 Å². The van der Waals surface area contributed by atoms with E-state index in [2.05, 4.69) is 0 Å². The first-order valence-corrected chi connectivity index (χ1v) is 7.70. The lowest BCUT2D eigenvalue weighted by Crippen LogP contribution is -2.28. The zero-order valence-electron chi connectivity index (χ0n) is 12.8. The Hall–Kier alpha value is -2.46. The molecular weight excluding hydrogens is 312 g/mol. The van der Waals surface area contributed by atoms with Gasteiger partial charge in [-0.25, -0.2) is 0 Å². The topological polar surface area (TPSA) is 38.4 Å². The molecule has 3 aromatic rings. The summed E-state index contributed by atoms with van der Waals surface area (Å²) in [7, 11) is 1.78. The number of rotatable bonds is 5. The van der Waals surface area contributed by atoms with Gasteiger partial charge in [-0.15, -0.1) is 0 Å². The zero-order valence-corrected chi connectivity index (χ0v) is 13.5. The van der Waals surface area contributed by atoms with E-state index in [-0.39, 0.29) is 5.91 Å². The first-order valence-electron chi connectivity index (χ1n) is 7.32. The average molecular weight is 329 g/mol. The van der Waals surface area contributed by atoms with Gasteiger partial charge in [-0.1, -0.05) is 11.6 Å². The van der Waals surface area contributed by atoms with E-state index in [0.717, 1.165) is 17.1 Å². The van der Waals surface area contributed by atoms with E-state index < -0.39 is 0 Å². The standard InChI is InChI=1S/C18H17ClN2O2/c1-20(13-17-5-3-11-23-17)18(22)12-16-4-2-10-21(16)15-8-6-14(19)7-9-15/h2-11H,12-13H2,1H3. The maximum Gasteiger partial charge on any atom is 0.228 e. The van der Waals surface area contributed by atoms with E-state index in [1.54, 1.807) is 18.2 Å². The van der Waals surface area contributed by atoms with Crippen molar-refractivity contribution in [2.24, 2.45) is 0 Å². The zero-order chi connectivity index (χ0) is 16.2. The summed E-state index contributed by atoms with van der Waals surface area (Å²) in [6.45, 7) is 0.466. The molecule has 0 atom stereocenters. The minimum atomic E-state index is 0.0373. The number of aromatic nitrogens is 1. The van der Waals surface area contributed by atoms with E-state index in [1.165, 1.54) is 0 Å². The van der Waals surface area contributed by atoms with Crippen molar-refractivity contribution in [1.82, 2.24) is 9.47 Å². The monoisotopic (exact) mass is 328 g/mol. The maximum atomic E-state index is 12.4. The van der Waals surface area contributed by atoms with Crippen LogP contribution in [0.3, 0.4) is 0 Å². The second-order valence-electron chi connectivity index (χ2n) is 5.35. The van der Waals surface area contributed by atoms with E-state index >= 15 is 0 Å². The number of hydrogen-bond donors (Lipinski definition) is 0. The molecule has 1 aromatic carbocycles. The van der Waals surface area contributed by atoms with E-state index in [0.29, 0.717) is 18.0 Å². The van der Waals surface area contributed by atoms with Gasteiger partial charge in [0, 0.05) is 29.6 Å². The Morgan fingerprint density at radius 3 is 2.65 bits per heavy atom. The van der Waals surface area contributed by atoms with Crippen molar-refractivity contribution >= 4 is 17.5 Å². The second-order valence-corrected chi connectivity index (χ2v) is 5.79. The lowest BCUT2D eigenvalue weighted by Gasteiger charge is -2.17. The van der Waals surface area contributed by atoms with Crippen LogP contribution in [-0.2, 0) is 17.8 Å². The molecule has 23 heavy (non-hydrogen) atoms. The van der Waals surface area contributed by atoms with Crippen molar-refractivity contribution in [2.45, 2.75) is 13.0 Å². The molecule has 0 aliphatic carbocycles. The van der Waals surface area contributed by atoms with Crippen LogP contribution in [0, 0.1) is 0 Å². The molecule has 0 N–H and O–H groups in total. The normalized spacial score (nSPS) is 10.7. The van der Waals surface area contributed by atoms with Crippen molar-refractivity contribution < 1.29 is 9.21 Å². The summed E-state index contributed by atoms with van der Waals surface area (Å²) in [4.78, 5) is 14.1. The quantitative estimate of drug-likeness (QED) is 0.712. The number of carbonyl (C=O) groups excluding carboxylic acids is 1. The van der Waals surface area contributed by atoms with Gasteiger partial charge in [-0.2, -0.15) is 0 Å². The van der Waals surface area contributed by atoms with Gasteiger partial charge in [0.15, 0.2) is 0 Å². The number of benzene rings is 1. The minimum absolute atomic E-state index is 0.0373. The molecule has 0 saturated heterocycles. The van der Waals surface area contributed by atoms with E-state index in [1.807, 2.05) is 59.3 Å². The second kappa shape index (κ2) is 6.75. The first kappa shape index (κ1) is 15.4. The molecule has 0 radical (unpaired) electrons. The van der Waals surface area contributed by atoms with E-state index in [4.69, 9.17) is 16.0 Å². The van der Waals surface area contributed by atoms with Crippen LogP contribution >= 0.6 is 11.6 Å². The molecule has 0 fully saturated rings. The third kappa shape index (κ3) is 3.66. The molecule has 2 aromatic heterocycles. The van der Waals surface area contributed by atoms with Gasteiger partial charge >= 0.3 is 0 Å². The lowest BCUT2D eigenvalue weighted by atomic mass is 10.2. The summed E-state index contributed by atoms with van der Waals surface area (Å²) in [6.07, 6.45) is 3.88. The molecule has 1 amide bonds. The maximum absolute atomic E-state index is 12.4. The highest BCUT2D eigenvalue weighted by molar-refractivity contribution is 6.30. The molecular formula is C18H17ClN2O2. The van der Waals surface area contributed by atoms with Crippen LogP contribution in [0.15, 0.2) is 65.4 Å². The van der Waals surface area contributed by atoms with Crippen LogP contribution < -0.4 is 0 Å². The van der Waals surface area contributed by atoms with Crippen LogP contribution in [-0.4, -0.2) is 22.4 Å². The molecule has 2 heterocycles. The number of halogens is 1. The number of furan rings is 1. The molecule has 0 bridgehead atoms. The highest BCUT2D eigenvalue weighted by atomic mass is 35.5. The van der Waals surface area contributed by atoms with Crippen molar-refractivity contribution in [2.75, 3.05) is 7.05 Å². The predicted molar refractivity (Wildman–Crippen MR) is 89.7 cm³/mol. The number of likely N-dealkylation sites (N-methyl/N-ethyl adjacent to an activating group) is 1. The Labute approximate surface area is 139 Å². The van der Waals surface area contributed by atoms with Gasteiger partial charge in [0.05, 0.1) is 19.2 Å². The summed E-state index contributed by atoms with van der Waals surface area (Å²) < 4.78 is 7.28. The fourth-order valence-corrected chi connectivity index (χ4v) is 2.55. The molecule has 0 unspecified atom stereocenters. The average Bonchev–Trinajstić information content (AvgIpc) is 3.20. The summed E-state index contributed by atoms with van der Waals surface area (Å²) in [6, 6.07) is 15.1. The lowest BCUT2D eigenvalue weighted by molar-refractivity contribution is -0.130. The molecule has 0 saturated carbocycles. The van der Waals surface area contributed by atoms with Crippen molar-refractivity contribution in [3.8, 4) is 5.69 Å². The van der Waals surface area contributed by atoms with Crippen LogP contribution in [0.4, 0.5) is 0 Å². The Bertz CT molecular complexity index is 776. The number of hydrogen-bond acceptors (Lipinski definition) is 2. The van der Waals surface area contributed by atoms with Crippen LogP contribution in [0.25, 0.3) is 5.69 Å². The fraction of sp³-hybridized carbons (Fsp3) is 0.167. The summed E-state index contributed by atoms with van der Waals surface area (Å²) in [5.41, 5.74) is 1.92. The SMILES string of the molecule is CN(Cc1ccco1)C(=O)Cc1cccn1-c1ccc(Cl)cc1. The molecule has 3 rings (SSSR count). The highest BCUT2D eigenvalue weighted by Crippen LogP contribution is 2.17. The Kier molecular flexibility index (Phi) is 4.53. The van der Waals surface area contributed by atoms with Gasteiger partial charge < -0.3 is 13.9 Å². The molecule has 5 heteroatoms. The van der Waals surface area contributed by atoms with Crippen molar-refractivity contribution in [3.63, 3.8) is 0 Å². The summed E-state index contributed by atoms with van der Waals surface area (Å²) >= 11 is 5.93. The minimum Gasteiger partial charge on any atom is -0.467 e. The third-order valence-electron chi connectivity index (χ3n) is 3.67. The van der Waals surface area contributed by atoms with Crippen molar-refractivity contribution in [1.29, 1.82) is 0 Å². The Morgan fingerprint density at radius 1 is 1.17 bits per heavy atom. The van der Waals surface area contributed by atoms with Crippen molar-refractivity contribution in [3.05, 3.63) is 77.5 Å². The number of carbonyl (C=O) groups is 1. The molecule has 0 aliphatic heterocycles. The van der Waals surface area contributed by atoms with Gasteiger partial charge in [-0.3, -0.25) is 4.79 Å². The smallest absolute Gasteiger partial charge is 0.228 e. The van der Waals surface area contributed by atoms with E-state index in [9.17, 15) is 4.79 Å². The Morgan fingerprint density at radius 2 is 1.96 bits per heavy atom. The van der Waals surface area contributed by atoms with Crippen LogP contribution in [0.5, 0.6) is 0 Å².